The summed E-state index contributed by atoms with van der Waals surface area (Å²) in [5.41, 5.74) is 4.12. The average molecular weight is 251 g/mol. The average Bonchev–Trinajstić information content (AvgIpc) is 2.51. The van der Waals surface area contributed by atoms with Gasteiger partial charge >= 0.3 is 0 Å². The van der Waals surface area contributed by atoms with Gasteiger partial charge in [-0.2, -0.15) is 5.10 Å². The lowest BCUT2D eigenvalue weighted by molar-refractivity contribution is 0.784. The summed E-state index contributed by atoms with van der Waals surface area (Å²) in [7, 11) is 0. The third-order valence-corrected chi connectivity index (χ3v) is 3.39. The molecule has 0 aliphatic heterocycles. The van der Waals surface area contributed by atoms with E-state index >= 15 is 0 Å². The van der Waals surface area contributed by atoms with E-state index < -0.39 is 0 Å². The van der Waals surface area contributed by atoms with E-state index in [1.54, 1.807) is 0 Å². The fraction of sp³-hybridized carbons (Fsp3) is 0.417. The van der Waals surface area contributed by atoms with Crippen LogP contribution in [0.2, 0.25) is 5.15 Å². The topological polar surface area (TPSA) is 43.6 Å². The van der Waals surface area contributed by atoms with Crippen LogP contribution in [0.4, 0.5) is 0 Å². The molecule has 2 heterocycles. The first-order valence-corrected chi connectivity index (χ1v) is 5.83. The van der Waals surface area contributed by atoms with Gasteiger partial charge in [-0.05, 0) is 40.2 Å². The van der Waals surface area contributed by atoms with E-state index in [0.717, 1.165) is 22.8 Å². The van der Waals surface area contributed by atoms with Crippen LogP contribution in [0.3, 0.4) is 0 Å². The predicted molar refractivity (Wildman–Crippen MR) is 67.8 cm³/mol. The summed E-state index contributed by atoms with van der Waals surface area (Å²) in [6.45, 7) is 9.80. The fourth-order valence-corrected chi connectivity index (χ4v) is 1.92. The van der Waals surface area contributed by atoms with Crippen LogP contribution in [-0.4, -0.2) is 19.7 Å². The van der Waals surface area contributed by atoms with Crippen LogP contribution in [0.25, 0.3) is 5.82 Å². The van der Waals surface area contributed by atoms with Crippen LogP contribution in [0, 0.1) is 34.6 Å². The number of aromatic nitrogens is 4. The third kappa shape index (κ3) is 1.93. The summed E-state index contributed by atoms with van der Waals surface area (Å²) in [5, 5.41) is 4.97. The molecule has 0 amide bonds. The number of hydrogen-bond donors (Lipinski definition) is 0. The van der Waals surface area contributed by atoms with Gasteiger partial charge in [0.15, 0.2) is 5.82 Å². The molecule has 0 N–H and O–H groups in total. The molecule has 0 saturated carbocycles. The van der Waals surface area contributed by atoms with Gasteiger partial charge in [0.05, 0.1) is 5.69 Å². The van der Waals surface area contributed by atoms with E-state index in [-0.39, 0.29) is 0 Å². The highest BCUT2D eigenvalue weighted by Crippen LogP contribution is 2.22. The molecule has 2 aromatic rings. The monoisotopic (exact) mass is 250 g/mol. The molecular formula is C12H15ClN4. The third-order valence-electron chi connectivity index (χ3n) is 3.03. The Hall–Kier alpha value is -1.42. The molecule has 0 fully saturated rings. The largest absolute Gasteiger partial charge is 0.221 e. The molecule has 90 valence electrons. The second-order valence-electron chi connectivity index (χ2n) is 4.22. The molecule has 2 rings (SSSR count). The number of aryl methyl sites for hydroxylation is 2. The molecule has 0 unspecified atom stereocenters. The lowest BCUT2D eigenvalue weighted by Crippen LogP contribution is -2.07. The Labute approximate surface area is 106 Å². The Balaban J connectivity index is 2.72. The van der Waals surface area contributed by atoms with Gasteiger partial charge in [-0.1, -0.05) is 11.6 Å². The van der Waals surface area contributed by atoms with E-state index in [0.29, 0.717) is 11.0 Å². The van der Waals surface area contributed by atoms with Crippen molar-refractivity contribution in [3.8, 4) is 5.82 Å². The molecular weight excluding hydrogens is 236 g/mol. The van der Waals surface area contributed by atoms with Crippen LogP contribution in [0.1, 0.15) is 28.3 Å². The highest BCUT2D eigenvalue weighted by molar-refractivity contribution is 6.30. The van der Waals surface area contributed by atoms with E-state index in [1.165, 1.54) is 5.56 Å². The summed E-state index contributed by atoms with van der Waals surface area (Å²) >= 11 is 6.08. The van der Waals surface area contributed by atoms with E-state index in [9.17, 15) is 0 Å². The molecule has 0 spiro atoms. The molecule has 0 aliphatic rings. The summed E-state index contributed by atoms with van der Waals surface area (Å²) in [5.74, 6) is 1.41. The number of nitrogens with zero attached hydrogens (tertiary/aromatic N) is 4. The minimum absolute atomic E-state index is 0.484. The minimum atomic E-state index is 0.484. The SMILES string of the molecule is Cc1nc(Cl)c(C)c(-n2nc(C)c(C)c2C)n1. The highest BCUT2D eigenvalue weighted by Gasteiger charge is 2.14. The lowest BCUT2D eigenvalue weighted by Gasteiger charge is -2.09. The van der Waals surface area contributed by atoms with Gasteiger partial charge < -0.3 is 0 Å². The van der Waals surface area contributed by atoms with Crippen molar-refractivity contribution in [3.63, 3.8) is 0 Å². The Kier molecular flexibility index (Phi) is 2.91. The van der Waals surface area contributed by atoms with Gasteiger partial charge in [0.2, 0.25) is 0 Å². The van der Waals surface area contributed by atoms with Gasteiger partial charge in [0, 0.05) is 11.3 Å². The molecule has 5 heteroatoms. The summed E-state index contributed by atoms with van der Waals surface area (Å²) < 4.78 is 1.83. The fourth-order valence-electron chi connectivity index (χ4n) is 1.71. The van der Waals surface area contributed by atoms with Crippen molar-refractivity contribution in [2.24, 2.45) is 0 Å². The van der Waals surface area contributed by atoms with Crippen LogP contribution in [-0.2, 0) is 0 Å². The standard InChI is InChI=1S/C12H15ClN4/c1-6-8(3)16-17(9(6)4)12-7(2)11(13)14-10(5)15-12/h1-5H3. The smallest absolute Gasteiger partial charge is 0.161 e. The Morgan fingerprint density at radius 3 is 2.12 bits per heavy atom. The number of rotatable bonds is 1. The summed E-state index contributed by atoms with van der Waals surface area (Å²) in [4.78, 5) is 8.56. The molecule has 4 nitrogen and oxygen atoms in total. The Morgan fingerprint density at radius 2 is 1.59 bits per heavy atom. The van der Waals surface area contributed by atoms with Crippen LogP contribution in [0.15, 0.2) is 0 Å². The van der Waals surface area contributed by atoms with Crippen molar-refractivity contribution in [2.45, 2.75) is 34.6 Å². The maximum absolute atomic E-state index is 6.08. The van der Waals surface area contributed by atoms with Gasteiger partial charge in [-0.3, -0.25) is 0 Å². The van der Waals surface area contributed by atoms with E-state index in [2.05, 4.69) is 22.0 Å². The zero-order valence-corrected chi connectivity index (χ0v) is 11.4. The van der Waals surface area contributed by atoms with Gasteiger partial charge in [0.1, 0.15) is 11.0 Å². The Morgan fingerprint density at radius 1 is 0.941 bits per heavy atom. The zero-order valence-electron chi connectivity index (χ0n) is 10.7. The normalized spacial score (nSPS) is 10.9. The van der Waals surface area contributed by atoms with E-state index in [1.807, 2.05) is 32.4 Å². The minimum Gasteiger partial charge on any atom is -0.221 e. The Bertz CT molecular complexity index is 587. The molecule has 0 radical (unpaired) electrons. The molecule has 17 heavy (non-hydrogen) atoms. The predicted octanol–water partition coefficient (Wildman–Crippen LogP) is 2.86. The van der Waals surface area contributed by atoms with Crippen molar-refractivity contribution in [2.75, 3.05) is 0 Å². The first-order chi connectivity index (χ1) is 7.91. The van der Waals surface area contributed by atoms with Crippen molar-refractivity contribution in [1.29, 1.82) is 0 Å². The van der Waals surface area contributed by atoms with E-state index in [4.69, 9.17) is 11.6 Å². The quantitative estimate of drug-likeness (QED) is 0.731. The molecule has 0 bridgehead atoms. The van der Waals surface area contributed by atoms with Crippen LogP contribution < -0.4 is 0 Å². The molecule has 2 aromatic heterocycles. The second kappa shape index (κ2) is 4.11. The van der Waals surface area contributed by atoms with Gasteiger partial charge in [-0.25, -0.2) is 14.6 Å². The van der Waals surface area contributed by atoms with Crippen LogP contribution in [0.5, 0.6) is 0 Å². The van der Waals surface area contributed by atoms with Crippen LogP contribution >= 0.6 is 11.6 Å². The maximum atomic E-state index is 6.08. The van der Waals surface area contributed by atoms with Gasteiger partial charge in [-0.15, -0.1) is 0 Å². The van der Waals surface area contributed by atoms with Crippen molar-refractivity contribution in [3.05, 3.63) is 33.5 Å². The molecule has 0 atom stereocenters. The summed E-state index contributed by atoms with van der Waals surface area (Å²) in [6.07, 6.45) is 0. The molecule has 0 aromatic carbocycles. The first-order valence-electron chi connectivity index (χ1n) is 5.45. The molecule has 0 saturated heterocycles. The maximum Gasteiger partial charge on any atom is 0.161 e. The first kappa shape index (κ1) is 12.0. The number of halogens is 1. The summed E-state index contributed by atoms with van der Waals surface area (Å²) in [6, 6.07) is 0. The molecule has 0 aliphatic carbocycles. The number of hydrogen-bond acceptors (Lipinski definition) is 3. The van der Waals surface area contributed by atoms with Crippen molar-refractivity contribution >= 4 is 11.6 Å². The van der Waals surface area contributed by atoms with Crippen molar-refractivity contribution in [1.82, 2.24) is 19.7 Å². The van der Waals surface area contributed by atoms with Crippen molar-refractivity contribution < 1.29 is 0 Å². The lowest BCUT2D eigenvalue weighted by atomic mass is 10.2. The second-order valence-corrected chi connectivity index (χ2v) is 4.58. The van der Waals surface area contributed by atoms with Gasteiger partial charge in [0.25, 0.3) is 0 Å². The highest BCUT2D eigenvalue weighted by atomic mass is 35.5. The zero-order chi connectivity index (χ0) is 12.7.